The van der Waals surface area contributed by atoms with Gasteiger partial charge in [0.1, 0.15) is 0 Å². The Hall–Kier alpha value is 0.850. The van der Waals surface area contributed by atoms with Crippen molar-refractivity contribution in [3.05, 3.63) is 11.5 Å². The van der Waals surface area contributed by atoms with Crippen LogP contribution in [0.3, 0.4) is 0 Å². The number of halogens is 2. The van der Waals surface area contributed by atoms with Gasteiger partial charge < -0.3 is 0 Å². The zero-order valence-electron chi connectivity index (χ0n) is 11.2. The van der Waals surface area contributed by atoms with Crippen molar-refractivity contribution in [3.8, 4) is 0 Å². The number of unbranched alkanes of at least 4 members (excludes halogenated alkanes) is 8. The van der Waals surface area contributed by atoms with Crippen LogP contribution in [0.15, 0.2) is 11.5 Å². The molecule has 0 aromatic rings. The number of hydrogen-bond donors (Lipinski definition) is 1. The van der Waals surface area contributed by atoms with E-state index < -0.39 is 5.82 Å². The Morgan fingerprint density at radius 2 is 1.41 bits per heavy atom. The molecule has 0 saturated carbocycles. The van der Waals surface area contributed by atoms with E-state index in [9.17, 15) is 0 Å². The fourth-order valence-electron chi connectivity index (χ4n) is 1.68. The molecule has 0 aromatic carbocycles. The third-order valence-electron chi connectivity index (χ3n) is 2.63. The lowest BCUT2D eigenvalue weighted by Crippen LogP contribution is -2.02. The predicted octanol–water partition coefficient (Wildman–Crippen LogP) is 6.73. The number of hydrogen-bond acceptors (Lipinski definition) is 1. The zero-order valence-corrected chi connectivity index (χ0v) is 15.2. The summed E-state index contributed by atoms with van der Waals surface area (Å²) in [6, 6.07) is 0. The van der Waals surface area contributed by atoms with Gasteiger partial charge in [-0.25, -0.2) is 0 Å². The van der Waals surface area contributed by atoms with Gasteiger partial charge in [0.15, 0.2) is 0 Å². The van der Waals surface area contributed by atoms with E-state index >= 15 is 0 Å². The van der Waals surface area contributed by atoms with Crippen LogP contribution < -0.4 is 0 Å². The number of nitrogens with one attached hydrogen (secondary N) is 1. The van der Waals surface area contributed by atoms with Crippen molar-refractivity contribution in [2.45, 2.75) is 64.7 Å². The molecule has 1 nitrogen and oxygen atoms in total. The third-order valence-corrected chi connectivity index (χ3v) is 4.73. The molecule has 17 heavy (non-hydrogen) atoms. The summed E-state index contributed by atoms with van der Waals surface area (Å²) in [6.07, 6.45) is 16.0. The summed E-state index contributed by atoms with van der Waals surface area (Å²) in [5.41, 5.74) is 0. The average Bonchev–Trinajstić information content (AvgIpc) is 2.18. The van der Waals surface area contributed by atoms with E-state index in [1.807, 2.05) is 11.7 Å². The normalized spacial score (nSPS) is 14.9. The lowest BCUT2D eigenvalue weighted by Gasteiger charge is -2.22. The maximum Gasteiger partial charge on any atom is -0.00337 e. The van der Waals surface area contributed by atoms with E-state index in [0.29, 0.717) is 0 Å². The highest BCUT2D eigenvalue weighted by molar-refractivity contribution is 9.86. The molecule has 1 N–H and O–H groups in total. The molecule has 0 fully saturated rings. The second-order valence-electron chi connectivity index (χ2n) is 4.89. The summed E-state index contributed by atoms with van der Waals surface area (Å²) in [5.74, 6) is -2.28. The Kier molecular flexibility index (Phi) is 9.31. The molecule has 0 radical (unpaired) electrons. The molecule has 0 amide bonds. The SMILES string of the molecule is CCCCCCCCCCC=CS(C)(=N)(Br)Br. The van der Waals surface area contributed by atoms with Crippen molar-refractivity contribution in [2.24, 2.45) is 0 Å². The summed E-state index contributed by atoms with van der Waals surface area (Å²) in [4.78, 5) is 0. The van der Waals surface area contributed by atoms with Gasteiger partial charge in [-0.05, 0) is 54.1 Å². The van der Waals surface area contributed by atoms with E-state index in [4.69, 9.17) is 4.78 Å². The maximum absolute atomic E-state index is 7.95. The monoisotopic (exact) mass is 387 g/mol. The van der Waals surface area contributed by atoms with E-state index in [2.05, 4.69) is 42.6 Å². The highest BCUT2D eigenvalue weighted by Crippen LogP contribution is 2.40. The van der Waals surface area contributed by atoms with Crippen LogP contribution in [0.2, 0.25) is 0 Å². The summed E-state index contributed by atoms with van der Waals surface area (Å²) in [7, 11) is 0. The van der Waals surface area contributed by atoms with Crippen molar-refractivity contribution in [1.29, 1.82) is 4.78 Å². The molecule has 0 rings (SSSR count). The molecule has 0 saturated heterocycles. The number of rotatable bonds is 10. The fourth-order valence-corrected chi connectivity index (χ4v) is 3.17. The summed E-state index contributed by atoms with van der Waals surface area (Å²) in [5, 5.41) is 1.97. The molecule has 4 heteroatoms. The van der Waals surface area contributed by atoms with Crippen LogP contribution in [0.4, 0.5) is 0 Å². The van der Waals surface area contributed by atoms with Crippen molar-refractivity contribution in [3.63, 3.8) is 0 Å². The maximum atomic E-state index is 7.95. The Labute approximate surface area is 122 Å². The first-order valence-corrected chi connectivity index (χ1v) is 12.8. The molecular formula is C13H27Br2NS. The highest BCUT2D eigenvalue weighted by Gasteiger charge is 2.12. The lowest BCUT2D eigenvalue weighted by atomic mass is 10.1. The van der Waals surface area contributed by atoms with Crippen LogP contribution in [-0.2, 0) is 5.82 Å². The molecule has 0 atom stereocenters. The summed E-state index contributed by atoms with van der Waals surface area (Å²) < 4.78 is 7.95. The molecule has 0 unspecified atom stereocenters. The van der Waals surface area contributed by atoms with Gasteiger partial charge in [0, 0.05) is 0 Å². The Balaban J connectivity index is 3.33. The first-order valence-electron chi connectivity index (χ1n) is 6.61. The van der Waals surface area contributed by atoms with Crippen molar-refractivity contribution < 1.29 is 0 Å². The standard InChI is InChI=1S/C13H27Br2NS/c1-3-4-5-6-7-8-9-10-11-12-13-17(2,14,15)16/h12-13,16H,3-11H2,1-2H3. The van der Waals surface area contributed by atoms with E-state index in [0.717, 1.165) is 6.42 Å². The van der Waals surface area contributed by atoms with Crippen molar-refractivity contribution in [1.82, 2.24) is 0 Å². The molecule has 0 aliphatic rings. The summed E-state index contributed by atoms with van der Waals surface area (Å²) >= 11 is 6.81. The van der Waals surface area contributed by atoms with Crippen molar-refractivity contribution in [2.75, 3.05) is 6.26 Å². The van der Waals surface area contributed by atoms with Gasteiger partial charge in [0.25, 0.3) is 0 Å². The Morgan fingerprint density at radius 3 is 1.88 bits per heavy atom. The lowest BCUT2D eigenvalue weighted by molar-refractivity contribution is 0.577. The topological polar surface area (TPSA) is 23.9 Å². The Bertz CT molecular complexity index is 270. The molecular weight excluding hydrogens is 362 g/mol. The smallest absolute Gasteiger partial charge is 0.00337 e. The van der Waals surface area contributed by atoms with Crippen LogP contribution >= 0.6 is 29.6 Å². The highest BCUT2D eigenvalue weighted by atomic mass is 79.9. The van der Waals surface area contributed by atoms with Gasteiger partial charge in [0.2, 0.25) is 0 Å². The molecule has 0 heterocycles. The van der Waals surface area contributed by atoms with Gasteiger partial charge in [-0.3, -0.25) is 4.78 Å². The van der Waals surface area contributed by atoms with Gasteiger partial charge in [-0.2, -0.15) is 0 Å². The fraction of sp³-hybridized carbons (Fsp3) is 0.846. The Morgan fingerprint density at radius 1 is 0.941 bits per heavy atom. The summed E-state index contributed by atoms with van der Waals surface area (Å²) in [6.45, 7) is 2.26. The van der Waals surface area contributed by atoms with Crippen LogP contribution in [0, 0.1) is 4.78 Å². The van der Waals surface area contributed by atoms with Crippen LogP contribution in [0.1, 0.15) is 64.7 Å². The third kappa shape index (κ3) is 16.9. The zero-order chi connectivity index (χ0) is 13.2. The van der Waals surface area contributed by atoms with Crippen LogP contribution in [-0.4, -0.2) is 6.26 Å². The molecule has 0 aliphatic heterocycles. The quantitative estimate of drug-likeness (QED) is 0.401. The van der Waals surface area contributed by atoms with E-state index in [1.165, 1.54) is 51.4 Å². The minimum absolute atomic E-state index is 1.10. The van der Waals surface area contributed by atoms with E-state index in [1.54, 1.807) is 0 Å². The molecule has 0 aromatic heterocycles. The number of allylic oxidation sites excluding steroid dienone is 1. The van der Waals surface area contributed by atoms with Gasteiger partial charge in [-0.15, -0.1) is 0 Å². The van der Waals surface area contributed by atoms with Gasteiger partial charge in [-0.1, -0.05) is 63.8 Å². The van der Waals surface area contributed by atoms with Crippen molar-refractivity contribution >= 4 is 35.4 Å². The largest absolute Gasteiger partial charge is 0.276 e. The van der Waals surface area contributed by atoms with E-state index in [-0.39, 0.29) is 0 Å². The second kappa shape index (κ2) is 8.87. The molecule has 104 valence electrons. The predicted molar refractivity (Wildman–Crippen MR) is 90.2 cm³/mol. The van der Waals surface area contributed by atoms with Crippen LogP contribution in [0.5, 0.6) is 0 Å². The molecule has 0 bridgehead atoms. The van der Waals surface area contributed by atoms with Gasteiger partial charge >= 0.3 is 0 Å². The van der Waals surface area contributed by atoms with Gasteiger partial charge in [0.05, 0.1) is 0 Å². The minimum atomic E-state index is -2.28. The first-order chi connectivity index (χ1) is 7.81. The van der Waals surface area contributed by atoms with Crippen LogP contribution in [0.25, 0.3) is 0 Å². The minimum Gasteiger partial charge on any atom is -0.276 e. The first kappa shape index (κ1) is 17.8. The second-order valence-corrected chi connectivity index (χ2v) is 20.3. The molecule has 0 aliphatic carbocycles. The average molecular weight is 389 g/mol. The molecule has 0 spiro atoms.